The molecule has 1 aromatic carbocycles. The number of carbonyl (C=O) groups excluding carboxylic acids is 1. The average molecular weight is 298 g/mol. The van der Waals surface area contributed by atoms with Crippen molar-refractivity contribution in [3.8, 4) is 0 Å². The molecule has 0 aliphatic heterocycles. The lowest BCUT2D eigenvalue weighted by Gasteiger charge is -2.18. The second-order valence-electron chi connectivity index (χ2n) is 4.24. The number of rotatable bonds is 2. The van der Waals surface area contributed by atoms with Gasteiger partial charge in [0.25, 0.3) is 5.91 Å². The molecule has 0 radical (unpaired) electrons. The first kappa shape index (κ1) is 15.0. The van der Waals surface area contributed by atoms with E-state index >= 15 is 0 Å². The maximum Gasteiger partial charge on any atom is 0.419 e. The fourth-order valence-corrected chi connectivity index (χ4v) is 1.77. The molecular weight excluding hydrogens is 288 g/mol. The number of benzene rings is 1. The molecule has 0 aliphatic carbocycles. The van der Waals surface area contributed by atoms with E-state index in [1.807, 2.05) is 0 Å². The molecule has 2 rings (SSSR count). The molecule has 1 heterocycles. The Labute approximate surface area is 117 Å². The number of hydrogen-bond acceptors (Lipinski definition) is 2. The van der Waals surface area contributed by atoms with E-state index in [0.29, 0.717) is 11.8 Å². The van der Waals surface area contributed by atoms with Crippen molar-refractivity contribution in [3.63, 3.8) is 0 Å². The number of aromatic nitrogens is 1. The van der Waals surface area contributed by atoms with Gasteiger partial charge in [0.15, 0.2) is 0 Å². The fourth-order valence-electron chi connectivity index (χ4n) is 1.77. The maximum atomic E-state index is 13.9. The van der Waals surface area contributed by atoms with Gasteiger partial charge in [-0.3, -0.25) is 9.78 Å². The average Bonchev–Trinajstić information content (AvgIpc) is 2.45. The van der Waals surface area contributed by atoms with Gasteiger partial charge < -0.3 is 4.90 Å². The maximum absolute atomic E-state index is 13.9. The van der Waals surface area contributed by atoms with Crippen LogP contribution in [-0.4, -0.2) is 17.9 Å². The summed E-state index contributed by atoms with van der Waals surface area (Å²) in [7, 11) is 1.33. The highest BCUT2D eigenvalue weighted by Crippen LogP contribution is 2.32. The van der Waals surface area contributed by atoms with E-state index in [1.165, 1.54) is 25.5 Å². The van der Waals surface area contributed by atoms with E-state index in [9.17, 15) is 22.4 Å². The van der Waals surface area contributed by atoms with Crippen LogP contribution in [0.1, 0.15) is 15.9 Å². The van der Waals surface area contributed by atoms with Crippen molar-refractivity contribution in [3.05, 3.63) is 59.7 Å². The van der Waals surface area contributed by atoms with Crippen LogP contribution in [0.2, 0.25) is 0 Å². The smallest absolute Gasteiger partial charge is 0.310 e. The first-order valence-electron chi connectivity index (χ1n) is 5.86. The van der Waals surface area contributed by atoms with Crippen LogP contribution in [0.5, 0.6) is 0 Å². The molecule has 0 saturated carbocycles. The Morgan fingerprint density at radius 1 is 1.19 bits per heavy atom. The first-order chi connectivity index (χ1) is 9.82. The molecule has 7 heteroatoms. The zero-order chi connectivity index (χ0) is 15.6. The Morgan fingerprint density at radius 3 is 2.48 bits per heavy atom. The Balaban J connectivity index is 2.41. The first-order valence-corrected chi connectivity index (χ1v) is 5.86. The molecule has 1 aromatic heterocycles. The molecule has 3 nitrogen and oxygen atoms in total. The molecule has 0 N–H and O–H groups in total. The highest BCUT2D eigenvalue weighted by molar-refractivity contribution is 6.05. The van der Waals surface area contributed by atoms with E-state index in [-0.39, 0.29) is 0 Å². The Morgan fingerprint density at radius 2 is 1.90 bits per heavy atom. The predicted octanol–water partition coefficient (Wildman–Crippen LogP) is 3.52. The summed E-state index contributed by atoms with van der Waals surface area (Å²) < 4.78 is 51.8. The third-order valence-corrected chi connectivity index (χ3v) is 2.87. The molecule has 2 aromatic rings. The van der Waals surface area contributed by atoms with Gasteiger partial charge in [0.05, 0.1) is 23.0 Å². The van der Waals surface area contributed by atoms with Crippen molar-refractivity contribution in [1.82, 2.24) is 4.98 Å². The van der Waals surface area contributed by atoms with Crippen molar-refractivity contribution in [2.24, 2.45) is 0 Å². The van der Waals surface area contributed by atoms with Crippen LogP contribution in [0.15, 0.2) is 42.7 Å². The summed E-state index contributed by atoms with van der Waals surface area (Å²) in [6.45, 7) is 0. The lowest BCUT2D eigenvalue weighted by Crippen LogP contribution is -2.28. The highest BCUT2D eigenvalue weighted by Gasteiger charge is 2.36. The highest BCUT2D eigenvalue weighted by atomic mass is 19.4. The van der Waals surface area contributed by atoms with Crippen molar-refractivity contribution in [2.45, 2.75) is 6.18 Å². The number of carbonyl (C=O) groups is 1. The monoisotopic (exact) mass is 298 g/mol. The second-order valence-corrected chi connectivity index (χ2v) is 4.24. The lowest BCUT2D eigenvalue weighted by atomic mass is 10.1. The molecule has 110 valence electrons. The van der Waals surface area contributed by atoms with E-state index < -0.39 is 29.0 Å². The van der Waals surface area contributed by atoms with Crippen LogP contribution < -0.4 is 4.90 Å². The minimum absolute atomic E-state index is 0.347. The molecule has 0 atom stereocenters. The summed E-state index contributed by atoms with van der Waals surface area (Å²) in [4.78, 5) is 17.0. The van der Waals surface area contributed by atoms with Crippen LogP contribution in [0.3, 0.4) is 0 Å². The summed E-state index contributed by atoms with van der Waals surface area (Å²) in [6, 6.07) is 5.70. The van der Waals surface area contributed by atoms with Gasteiger partial charge >= 0.3 is 6.18 Å². The number of amides is 1. The SMILES string of the molecule is CN(C(=O)c1cccc(C(F)(F)F)c1F)c1cccnc1. The molecule has 1 amide bonds. The summed E-state index contributed by atoms with van der Waals surface area (Å²) in [5.41, 5.74) is -1.76. The van der Waals surface area contributed by atoms with Crippen molar-refractivity contribution < 1.29 is 22.4 Å². The number of nitrogens with zero attached hydrogens (tertiary/aromatic N) is 2. The number of hydrogen-bond donors (Lipinski definition) is 0. The minimum atomic E-state index is -4.85. The summed E-state index contributed by atoms with van der Waals surface area (Å²) in [5, 5.41) is 0. The largest absolute Gasteiger partial charge is 0.419 e. The van der Waals surface area contributed by atoms with E-state index in [1.54, 1.807) is 6.07 Å². The van der Waals surface area contributed by atoms with Gasteiger partial charge in [-0.1, -0.05) is 6.07 Å². The normalized spacial score (nSPS) is 11.3. The number of alkyl halides is 3. The number of pyridine rings is 1. The van der Waals surface area contributed by atoms with Crippen LogP contribution in [-0.2, 0) is 6.18 Å². The van der Waals surface area contributed by atoms with Gasteiger partial charge in [0.1, 0.15) is 5.82 Å². The third kappa shape index (κ3) is 3.01. The molecule has 0 fully saturated rings. The second kappa shape index (κ2) is 5.51. The molecular formula is C14H10F4N2O. The molecule has 0 unspecified atom stereocenters. The van der Waals surface area contributed by atoms with Gasteiger partial charge in [-0.15, -0.1) is 0 Å². The molecule has 21 heavy (non-hydrogen) atoms. The van der Waals surface area contributed by atoms with Crippen molar-refractivity contribution in [1.29, 1.82) is 0 Å². The van der Waals surface area contributed by atoms with E-state index in [2.05, 4.69) is 4.98 Å². The van der Waals surface area contributed by atoms with Crippen LogP contribution >= 0.6 is 0 Å². The van der Waals surface area contributed by atoms with Gasteiger partial charge in [0.2, 0.25) is 0 Å². The predicted molar refractivity (Wildman–Crippen MR) is 68.4 cm³/mol. The summed E-state index contributed by atoms with van der Waals surface area (Å²) >= 11 is 0. The summed E-state index contributed by atoms with van der Waals surface area (Å²) in [6.07, 6.45) is -2.02. The Kier molecular flexibility index (Phi) is 3.93. The molecule has 0 aliphatic rings. The molecule has 0 spiro atoms. The van der Waals surface area contributed by atoms with Crippen LogP contribution in [0.25, 0.3) is 0 Å². The van der Waals surface area contributed by atoms with Gasteiger partial charge in [0, 0.05) is 13.2 Å². The zero-order valence-electron chi connectivity index (χ0n) is 10.9. The standard InChI is InChI=1S/C14H10F4N2O/c1-20(9-4-3-7-19-8-9)13(21)10-5-2-6-11(12(10)15)14(16,17)18/h2-8H,1H3. The Bertz CT molecular complexity index is 656. The van der Waals surface area contributed by atoms with E-state index in [0.717, 1.165) is 17.0 Å². The fraction of sp³-hybridized carbons (Fsp3) is 0.143. The van der Waals surface area contributed by atoms with Gasteiger partial charge in [-0.2, -0.15) is 13.2 Å². The summed E-state index contributed by atoms with van der Waals surface area (Å²) in [5.74, 6) is -2.46. The van der Waals surface area contributed by atoms with Gasteiger partial charge in [-0.05, 0) is 24.3 Å². The Hall–Kier alpha value is -2.44. The quantitative estimate of drug-likeness (QED) is 0.795. The third-order valence-electron chi connectivity index (χ3n) is 2.87. The lowest BCUT2D eigenvalue weighted by molar-refractivity contribution is -0.140. The number of anilines is 1. The minimum Gasteiger partial charge on any atom is -0.310 e. The van der Waals surface area contributed by atoms with Crippen LogP contribution in [0.4, 0.5) is 23.2 Å². The van der Waals surface area contributed by atoms with Crippen molar-refractivity contribution >= 4 is 11.6 Å². The topological polar surface area (TPSA) is 33.2 Å². The molecule has 0 bridgehead atoms. The number of halogens is 4. The van der Waals surface area contributed by atoms with Gasteiger partial charge in [-0.25, -0.2) is 4.39 Å². The zero-order valence-corrected chi connectivity index (χ0v) is 10.9. The van der Waals surface area contributed by atoms with Crippen molar-refractivity contribution in [2.75, 3.05) is 11.9 Å². The van der Waals surface area contributed by atoms with E-state index in [4.69, 9.17) is 0 Å². The van der Waals surface area contributed by atoms with Crippen LogP contribution in [0, 0.1) is 5.82 Å². The molecule has 0 saturated heterocycles.